The zero-order valence-corrected chi connectivity index (χ0v) is 11.4. The van der Waals surface area contributed by atoms with E-state index in [0.717, 1.165) is 0 Å². The molecule has 1 amide bonds. The van der Waals surface area contributed by atoms with Crippen molar-refractivity contribution in [2.75, 3.05) is 6.61 Å². The van der Waals surface area contributed by atoms with Gasteiger partial charge in [0.1, 0.15) is 6.04 Å². The van der Waals surface area contributed by atoms with Gasteiger partial charge >= 0.3 is 6.09 Å². The summed E-state index contributed by atoms with van der Waals surface area (Å²) in [7, 11) is 0. The largest absolute Gasteiger partial charge is 0.472 e. The van der Waals surface area contributed by atoms with Crippen molar-refractivity contribution in [3.05, 3.63) is 24.2 Å². The van der Waals surface area contributed by atoms with E-state index in [4.69, 9.17) is 14.4 Å². The maximum atomic E-state index is 12.1. The third-order valence-corrected chi connectivity index (χ3v) is 2.50. The van der Waals surface area contributed by atoms with Crippen LogP contribution >= 0.6 is 0 Å². The predicted molar refractivity (Wildman–Crippen MR) is 68.6 cm³/mol. The molecule has 2 heterocycles. The molecule has 0 unspecified atom stereocenters. The number of nitrogens with zero attached hydrogens (tertiary/aromatic N) is 3. The van der Waals surface area contributed by atoms with Gasteiger partial charge in [0.2, 0.25) is 17.6 Å². The number of amides is 1. The second-order valence-corrected chi connectivity index (χ2v) is 4.21. The summed E-state index contributed by atoms with van der Waals surface area (Å²) in [5.41, 5.74) is 0.441. The Morgan fingerprint density at radius 2 is 2.32 bits per heavy atom. The topological polar surface area (TPSA) is 110 Å². The Morgan fingerprint density at radius 1 is 1.55 bits per heavy atom. The van der Waals surface area contributed by atoms with E-state index < -0.39 is 25.2 Å². The highest BCUT2D eigenvalue weighted by atomic mass is 19.3. The molecule has 1 atom stereocenters. The van der Waals surface area contributed by atoms with Gasteiger partial charge in [-0.3, -0.25) is 0 Å². The van der Waals surface area contributed by atoms with Crippen molar-refractivity contribution in [3.8, 4) is 17.3 Å². The van der Waals surface area contributed by atoms with E-state index in [-0.39, 0.29) is 17.6 Å². The average Bonchev–Trinajstić information content (AvgIpc) is 2.94. The van der Waals surface area contributed by atoms with Crippen LogP contribution in [0, 0.1) is 0 Å². The molecule has 0 spiro atoms. The van der Waals surface area contributed by atoms with Gasteiger partial charge < -0.3 is 19.7 Å². The lowest BCUT2D eigenvalue weighted by Gasteiger charge is -2.05. The van der Waals surface area contributed by atoms with Gasteiger partial charge in [-0.2, -0.15) is 4.98 Å². The molecule has 8 nitrogen and oxygen atoms in total. The molecule has 0 fully saturated rings. The molecule has 0 bridgehead atoms. The van der Waals surface area contributed by atoms with Crippen molar-refractivity contribution < 1.29 is 27.9 Å². The molecule has 22 heavy (non-hydrogen) atoms. The highest BCUT2D eigenvalue weighted by Gasteiger charge is 2.17. The second-order valence-electron chi connectivity index (χ2n) is 4.21. The number of carbonyl (C=O) groups is 1. The second kappa shape index (κ2) is 6.78. The van der Waals surface area contributed by atoms with Crippen molar-refractivity contribution >= 4 is 6.09 Å². The Kier molecular flexibility index (Phi) is 4.81. The lowest BCUT2D eigenvalue weighted by atomic mass is 10.2. The normalized spacial score (nSPS) is 12.2. The highest BCUT2D eigenvalue weighted by molar-refractivity contribution is 5.65. The molecule has 0 saturated carbocycles. The molecule has 0 aliphatic carbocycles. The molecular weight excluding hydrogens is 302 g/mol. The van der Waals surface area contributed by atoms with E-state index in [0.29, 0.717) is 5.56 Å². The molecule has 2 aromatic heterocycles. The molecule has 118 valence electrons. The maximum Gasteiger partial charge on any atom is 0.405 e. The van der Waals surface area contributed by atoms with E-state index in [9.17, 15) is 13.6 Å². The van der Waals surface area contributed by atoms with Crippen LogP contribution < -0.4 is 10.1 Å². The molecular formula is C12H12F2N4O4. The van der Waals surface area contributed by atoms with Crippen molar-refractivity contribution in [2.24, 2.45) is 0 Å². The predicted octanol–water partition coefficient (Wildman–Crippen LogP) is 2.10. The number of alkyl halides is 2. The minimum Gasteiger partial charge on any atom is -0.472 e. The molecule has 2 rings (SSSR count). The minimum absolute atomic E-state index is 0.000796. The zero-order valence-electron chi connectivity index (χ0n) is 11.4. The Balaban J connectivity index is 2.13. The Hall–Kier alpha value is -2.78. The van der Waals surface area contributed by atoms with Gasteiger partial charge in [0.25, 0.3) is 6.43 Å². The summed E-state index contributed by atoms with van der Waals surface area (Å²) in [5.74, 6) is 0.239. The van der Waals surface area contributed by atoms with Crippen LogP contribution in [0.5, 0.6) is 5.88 Å². The van der Waals surface area contributed by atoms with Crippen LogP contribution in [0.1, 0.15) is 18.9 Å². The van der Waals surface area contributed by atoms with Gasteiger partial charge in [-0.1, -0.05) is 5.16 Å². The van der Waals surface area contributed by atoms with Gasteiger partial charge in [0.15, 0.2) is 6.61 Å². The maximum absolute atomic E-state index is 12.1. The Bertz CT molecular complexity index is 650. The molecule has 10 heteroatoms. The van der Waals surface area contributed by atoms with Crippen molar-refractivity contribution in [1.82, 2.24) is 20.4 Å². The molecule has 0 aliphatic heterocycles. The SMILES string of the molecule is C[C@H](NC(=O)O)c1nc(-c2ccnc(OCC(F)F)c2)no1. The number of carboxylic acid groups (broad SMARTS) is 1. The summed E-state index contributed by atoms with van der Waals surface area (Å²) < 4.78 is 33.9. The fourth-order valence-electron chi connectivity index (χ4n) is 1.55. The quantitative estimate of drug-likeness (QED) is 0.840. The van der Waals surface area contributed by atoms with Crippen LogP contribution in [0.25, 0.3) is 11.4 Å². The molecule has 0 aromatic carbocycles. The van der Waals surface area contributed by atoms with Crippen LogP contribution in [0.2, 0.25) is 0 Å². The number of aromatic nitrogens is 3. The summed E-state index contributed by atoms with van der Waals surface area (Å²) in [4.78, 5) is 18.4. The van der Waals surface area contributed by atoms with Gasteiger partial charge in [-0.05, 0) is 13.0 Å². The summed E-state index contributed by atoms with van der Waals surface area (Å²) in [6.07, 6.45) is -2.48. The summed E-state index contributed by atoms with van der Waals surface area (Å²) in [6.45, 7) is 0.767. The lowest BCUT2D eigenvalue weighted by Crippen LogP contribution is -2.24. The Morgan fingerprint density at radius 3 is 3.00 bits per heavy atom. The third kappa shape index (κ3) is 4.11. The fraction of sp³-hybridized carbons (Fsp3) is 0.333. The molecule has 2 N–H and O–H groups in total. The first kappa shape index (κ1) is 15.6. The molecule has 0 saturated heterocycles. The first-order valence-corrected chi connectivity index (χ1v) is 6.16. The van der Waals surface area contributed by atoms with Crippen LogP contribution in [0.4, 0.5) is 13.6 Å². The number of hydrogen-bond acceptors (Lipinski definition) is 6. The first-order chi connectivity index (χ1) is 10.5. The first-order valence-electron chi connectivity index (χ1n) is 6.16. The van der Waals surface area contributed by atoms with Crippen molar-refractivity contribution in [1.29, 1.82) is 0 Å². The smallest absolute Gasteiger partial charge is 0.405 e. The van der Waals surface area contributed by atoms with Gasteiger partial charge in [-0.25, -0.2) is 18.6 Å². The number of nitrogens with one attached hydrogen (secondary N) is 1. The number of rotatable bonds is 6. The standard InChI is InChI=1S/C12H12F2N4O4/c1-6(16-12(19)20)11-17-10(18-22-11)7-2-3-15-9(4-7)21-5-8(13)14/h2-4,6,8,16H,5H2,1H3,(H,19,20)/t6-/m0/s1. The van der Waals surface area contributed by atoms with Gasteiger partial charge in [0.05, 0.1) is 0 Å². The van der Waals surface area contributed by atoms with Crippen LogP contribution in [0.3, 0.4) is 0 Å². The zero-order chi connectivity index (χ0) is 16.1. The molecule has 2 aromatic rings. The van der Waals surface area contributed by atoms with E-state index in [2.05, 4.69) is 20.4 Å². The van der Waals surface area contributed by atoms with Crippen LogP contribution in [0.15, 0.2) is 22.9 Å². The number of hydrogen-bond donors (Lipinski definition) is 2. The Labute approximate surface area is 123 Å². The van der Waals surface area contributed by atoms with Crippen LogP contribution in [-0.4, -0.2) is 39.4 Å². The molecule has 0 radical (unpaired) electrons. The number of pyridine rings is 1. The van der Waals surface area contributed by atoms with E-state index >= 15 is 0 Å². The summed E-state index contributed by atoms with van der Waals surface area (Å²) >= 11 is 0. The lowest BCUT2D eigenvalue weighted by molar-refractivity contribution is 0.0796. The van der Waals surface area contributed by atoms with Gasteiger partial charge in [0, 0.05) is 17.8 Å². The van der Waals surface area contributed by atoms with E-state index in [1.807, 2.05) is 0 Å². The minimum atomic E-state index is -2.61. The summed E-state index contributed by atoms with van der Waals surface area (Å²) in [5, 5.41) is 14.5. The monoisotopic (exact) mass is 314 g/mol. The molecule has 0 aliphatic rings. The average molecular weight is 314 g/mol. The van der Waals surface area contributed by atoms with E-state index in [1.165, 1.54) is 19.2 Å². The van der Waals surface area contributed by atoms with Gasteiger partial charge in [-0.15, -0.1) is 0 Å². The van der Waals surface area contributed by atoms with Crippen molar-refractivity contribution in [2.45, 2.75) is 19.4 Å². The number of ether oxygens (including phenoxy) is 1. The van der Waals surface area contributed by atoms with E-state index in [1.54, 1.807) is 6.07 Å². The highest BCUT2D eigenvalue weighted by Crippen LogP contribution is 2.21. The fourth-order valence-corrected chi connectivity index (χ4v) is 1.55. The van der Waals surface area contributed by atoms with Crippen molar-refractivity contribution in [3.63, 3.8) is 0 Å². The number of halogens is 2. The summed E-state index contributed by atoms with van der Waals surface area (Å²) in [6, 6.07) is 2.24. The van der Waals surface area contributed by atoms with Crippen LogP contribution in [-0.2, 0) is 0 Å². The third-order valence-electron chi connectivity index (χ3n) is 2.50.